The number of amides is 1. The van der Waals surface area contributed by atoms with Crippen molar-refractivity contribution >= 4 is 17.3 Å². The number of nitrogens with zero attached hydrogens (tertiary/aromatic N) is 2. The predicted molar refractivity (Wildman–Crippen MR) is 98.2 cm³/mol. The summed E-state index contributed by atoms with van der Waals surface area (Å²) < 4.78 is 11.6. The molecule has 1 aliphatic rings. The topological polar surface area (TPSA) is 77.7 Å². The van der Waals surface area contributed by atoms with E-state index in [2.05, 4.69) is 24.1 Å². The molecule has 1 saturated heterocycles. The van der Waals surface area contributed by atoms with Crippen LogP contribution in [0, 0.1) is 5.21 Å². The van der Waals surface area contributed by atoms with Gasteiger partial charge in [0.25, 0.3) is 5.91 Å². The Morgan fingerprint density at radius 2 is 1.92 bits per heavy atom. The van der Waals surface area contributed by atoms with Crippen LogP contribution in [0.2, 0.25) is 0 Å². The van der Waals surface area contributed by atoms with Crippen LogP contribution < -0.4 is 19.7 Å². The second-order valence-corrected chi connectivity index (χ2v) is 6.41. The fourth-order valence-electron chi connectivity index (χ4n) is 3.01. The summed E-state index contributed by atoms with van der Waals surface area (Å²) in [5.41, 5.74) is 1.78. The average Bonchev–Trinajstić information content (AvgIpc) is 2.61. The minimum absolute atomic E-state index is 0.0913. The largest absolute Gasteiger partial charge is 0.616 e. The monoisotopic (exact) mass is 357 g/mol. The number of hydrogen-bond acceptors (Lipinski definition) is 5. The summed E-state index contributed by atoms with van der Waals surface area (Å²) in [5.74, 6) is -0.233. The lowest BCUT2D eigenvalue weighted by Crippen LogP contribution is -2.45. The number of anilines is 2. The third kappa shape index (κ3) is 4.64. The molecule has 0 radical (unpaired) electrons. The van der Waals surface area contributed by atoms with Crippen molar-refractivity contribution in [1.29, 1.82) is 0 Å². The van der Waals surface area contributed by atoms with Gasteiger partial charge in [0.05, 0.1) is 18.3 Å². The number of pyridine rings is 1. The van der Waals surface area contributed by atoms with E-state index in [9.17, 15) is 10.0 Å². The van der Waals surface area contributed by atoms with Crippen molar-refractivity contribution in [2.24, 2.45) is 0 Å². The minimum atomic E-state index is -0.324. The van der Waals surface area contributed by atoms with Crippen LogP contribution in [0.1, 0.15) is 13.8 Å². The standard InChI is InChI=1S/C19H23N3O4/c1-14-11-21(12-15(2)26-14)17-8-6-16(7-9-17)20-18(23)13-25-19-5-3-4-10-22(19)24/h3-10,14-15H,11-13H2,1-2H3,(H,20,23)/t14-,15-/m1/s1. The van der Waals surface area contributed by atoms with E-state index >= 15 is 0 Å². The zero-order valence-electron chi connectivity index (χ0n) is 14.9. The van der Waals surface area contributed by atoms with Gasteiger partial charge < -0.3 is 24.9 Å². The van der Waals surface area contributed by atoms with E-state index in [-0.39, 0.29) is 30.6 Å². The van der Waals surface area contributed by atoms with Crippen molar-refractivity contribution in [1.82, 2.24) is 0 Å². The molecular weight excluding hydrogens is 334 g/mol. The molecule has 2 atom stereocenters. The highest BCUT2D eigenvalue weighted by Crippen LogP contribution is 2.22. The van der Waals surface area contributed by atoms with Gasteiger partial charge in [0.15, 0.2) is 12.8 Å². The maximum atomic E-state index is 12.0. The quantitative estimate of drug-likeness (QED) is 0.654. The van der Waals surface area contributed by atoms with Crippen LogP contribution in [0.5, 0.6) is 5.88 Å². The normalized spacial score (nSPS) is 19.8. The summed E-state index contributed by atoms with van der Waals surface area (Å²) in [6, 6.07) is 12.4. The molecule has 138 valence electrons. The third-order valence-electron chi connectivity index (χ3n) is 4.08. The van der Waals surface area contributed by atoms with E-state index in [1.165, 1.54) is 12.3 Å². The van der Waals surface area contributed by atoms with Crippen LogP contribution in [0.3, 0.4) is 0 Å². The Bertz CT molecular complexity index is 741. The molecule has 0 saturated carbocycles. The molecule has 1 fully saturated rings. The van der Waals surface area contributed by atoms with Gasteiger partial charge in [-0.15, -0.1) is 4.73 Å². The number of carbonyl (C=O) groups is 1. The van der Waals surface area contributed by atoms with Gasteiger partial charge in [0.2, 0.25) is 0 Å². The average molecular weight is 357 g/mol. The van der Waals surface area contributed by atoms with Crippen LogP contribution in [-0.4, -0.2) is 37.8 Å². The summed E-state index contributed by atoms with van der Waals surface area (Å²) in [5, 5.41) is 14.2. The molecule has 1 aromatic heterocycles. The van der Waals surface area contributed by atoms with Crippen LogP contribution >= 0.6 is 0 Å². The highest BCUT2D eigenvalue weighted by atomic mass is 16.6. The highest BCUT2D eigenvalue weighted by Gasteiger charge is 2.22. The maximum absolute atomic E-state index is 12.0. The van der Waals surface area contributed by atoms with Gasteiger partial charge in [0, 0.05) is 30.5 Å². The van der Waals surface area contributed by atoms with Crippen molar-refractivity contribution in [3.05, 3.63) is 53.9 Å². The van der Waals surface area contributed by atoms with E-state index in [4.69, 9.17) is 9.47 Å². The van der Waals surface area contributed by atoms with Gasteiger partial charge >= 0.3 is 5.88 Å². The first kappa shape index (κ1) is 18.0. The number of rotatable bonds is 5. The molecule has 3 rings (SSSR count). The Morgan fingerprint density at radius 3 is 2.58 bits per heavy atom. The molecular formula is C19H23N3O4. The first-order valence-corrected chi connectivity index (χ1v) is 8.62. The van der Waals surface area contributed by atoms with Crippen molar-refractivity contribution in [2.45, 2.75) is 26.1 Å². The predicted octanol–water partition coefficient (Wildman–Crippen LogP) is 1.95. The molecule has 26 heavy (non-hydrogen) atoms. The Kier molecular flexibility index (Phi) is 5.58. The van der Waals surface area contributed by atoms with Gasteiger partial charge in [-0.05, 0) is 44.2 Å². The number of nitrogens with one attached hydrogen (secondary N) is 1. The van der Waals surface area contributed by atoms with Crippen LogP contribution in [0.4, 0.5) is 11.4 Å². The lowest BCUT2D eigenvalue weighted by molar-refractivity contribution is -0.612. The van der Waals surface area contributed by atoms with Crippen molar-refractivity contribution in [3.8, 4) is 5.88 Å². The zero-order valence-corrected chi connectivity index (χ0v) is 14.9. The molecule has 2 aromatic rings. The Labute approximate surface area is 152 Å². The second-order valence-electron chi connectivity index (χ2n) is 6.41. The van der Waals surface area contributed by atoms with Gasteiger partial charge in [-0.1, -0.05) is 0 Å². The number of benzene rings is 1. The van der Waals surface area contributed by atoms with E-state index in [1.807, 2.05) is 24.3 Å². The number of aromatic nitrogens is 1. The second kappa shape index (κ2) is 8.05. The lowest BCUT2D eigenvalue weighted by atomic mass is 10.2. The molecule has 1 aliphatic heterocycles. The van der Waals surface area contributed by atoms with Gasteiger partial charge in [-0.2, -0.15) is 0 Å². The molecule has 1 aromatic carbocycles. The first-order valence-electron chi connectivity index (χ1n) is 8.62. The highest BCUT2D eigenvalue weighted by molar-refractivity contribution is 5.92. The van der Waals surface area contributed by atoms with Gasteiger partial charge in [-0.3, -0.25) is 4.79 Å². The SMILES string of the molecule is C[C@@H]1CN(c2ccc(NC(=O)COc3cccc[n+]3[O-])cc2)C[C@@H](C)O1. The first-order chi connectivity index (χ1) is 12.5. The molecule has 1 N–H and O–H groups in total. The summed E-state index contributed by atoms with van der Waals surface area (Å²) in [6.07, 6.45) is 1.70. The van der Waals surface area contributed by atoms with E-state index < -0.39 is 0 Å². The third-order valence-corrected chi connectivity index (χ3v) is 4.08. The molecule has 2 heterocycles. The fraction of sp³-hybridized carbons (Fsp3) is 0.368. The zero-order chi connectivity index (χ0) is 18.5. The van der Waals surface area contributed by atoms with Gasteiger partial charge in [0.1, 0.15) is 0 Å². The molecule has 0 aliphatic carbocycles. The van der Waals surface area contributed by atoms with Crippen LogP contribution in [0.15, 0.2) is 48.7 Å². The number of morpholine rings is 1. The van der Waals surface area contributed by atoms with Crippen LogP contribution in [0.25, 0.3) is 0 Å². The molecule has 0 unspecified atom stereocenters. The number of ether oxygens (including phenoxy) is 2. The fourth-order valence-corrected chi connectivity index (χ4v) is 3.01. The number of hydrogen-bond donors (Lipinski definition) is 1. The van der Waals surface area contributed by atoms with E-state index in [0.717, 1.165) is 18.8 Å². The van der Waals surface area contributed by atoms with Gasteiger partial charge in [-0.25, -0.2) is 0 Å². The van der Waals surface area contributed by atoms with Crippen molar-refractivity contribution < 1.29 is 19.0 Å². The minimum Gasteiger partial charge on any atom is -0.616 e. The summed E-state index contributed by atoms with van der Waals surface area (Å²) in [7, 11) is 0. The van der Waals surface area contributed by atoms with Crippen molar-refractivity contribution in [3.63, 3.8) is 0 Å². The maximum Gasteiger partial charge on any atom is 0.379 e. The summed E-state index contributed by atoms with van der Waals surface area (Å²) in [4.78, 5) is 14.3. The Balaban J connectivity index is 1.54. The smallest absolute Gasteiger partial charge is 0.379 e. The van der Waals surface area contributed by atoms with Crippen molar-refractivity contribution in [2.75, 3.05) is 29.9 Å². The molecule has 0 bridgehead atoms. The summed E-state index contributed by atoms with van der Waals surface area (Å²) >= 11 is 0. The molecule has 7 nitrogen and oxygen atoms in total. The summed E-state index contributed by atoms with van der Waals surface area (Å²) in [6.45, 7) is 5.59. The lowest BCUT2D eigenvalue weighted by Gasteiger charge is -2.36. The van der Waals surface area contributed by atoms with Crippen LogP contribution in [-0.2, 0) is 9.53 Å². The number of carbonyl (C=O) groups excluding carboxylic acids is 1. The molecule has 0 spiro atoms. The Morgan fingerprint density at radius 1 is 1.23 bits per heavy atom. The molecule has 1 amide bonds. The Hall–Kier alpha value is -2.80. The van der Waals surface area contributed by atoms with E-state index in [1.54, 1.807) is 12.1 Å². The molecule has 7 heteroatoms. The van der Waals surface area contributed by atoms with E-state index in [0.29, 0.717) is 10.4 Å².